The molecule has 0 radical (unpaired) electrons. The van der Waals surface area contributed by atoms with Crippen LogP contribution in [0.2, 0.25) is 0 Å². The van der Waals surface area contributed by atoms with E-state index < -0.39 is 0 Å². The Hall–Kier alpha value is -1.26. The molecule has 0 aromatic heterocycles. The molecule has 0 aromatic rings. The van der Waals surface area contributed by atoms with Crippen LogP contribution in [-0.2, 0) is 4.79 Å². The zero-order chi connectivity index (χ0) is 14.0. The van der Waals surface area contributed by atoms with E-state index >= 15 is 0 Å². The fourth-order valence-corrected chi connectivity index (χ4v) is 3.13. The summed E-state index contributed by atoms with van der Waals surface area (Å²) in [4.78, 5) is 14.7. The summed E-state index contributed by atoms with van der Waals surface area (Å²) in [6.45, 7) is 4.96. The van der Waals surface area contributed by atoms with Crippen LogP contribution in [0.25, 0.3) is 0 Å². The first-order valence-corrected chi connectivity index (χ1v) is 7.22. The SMILES string of the molecule is CC1(C)CCCC1C(=O)N(CCC(N)=NO)C1CC1. The molecule has 3 N–H and O–H groups in total. The van der Waals surface area contributed by atoms with E-state index in [0.29, 0.717) is 19.0 Å². The summed E-state index contributed by atoms with van der Waals surface area (Å²) in [5.41, 5.74) is 5.62. The van der Waals surface area contributed by atoms with Gasteiger partial charge < -0.3 is 15.8 Å². The van der Waals surface area contributed by atoms with Gasteiger partial charge in [-0.2, -0.15) is 0 Å². The Bertz CT molecular complexity index is 375. The summed E-state index contributed by atoms with van der Waals surface area (Å²) in [5.74, 6) is 0.611. The molecule has 2 rings (SSSR count). The normalized spacial score (nSPS) is 26.4. The first kappa shape index (κ1) is 14.2. The van der Waals surface area contributed by atoms with E-state index in [1.165, 1.54) is 0 Å². The van der Waals surface area contributed by atoms with Gasteiger partial charge in [-0.3, -0.25) is 4.79 Å². The van der Waals surface area contributed by atoms with Crippen molar-refractivity contribution in [1.29, 1.82) is 0 Å². The highest BCUT2D eigenvalue weighted by Crippen LogP contribution is 2.44. The third-order valence-electron chi connectivity index (χ3n) is 4.56. The van der Waals surface area contributed by atoms with Gasteiger partial charge in [-0.15, -0.1) is 0 Å². The van der Waals surface area contributed by atoms with Crippen LogP contribution < -0.4 is 5.73 Å². The van der Waals surface area contributed by atoms with Crippen molar-refractivity contribution in [1.82, 2.24) is 4.90 Å². The van der Waals surface area contributed by atoms with Gasteiger partial charge in [0.25, 0.3) is 0 Å². The number of oxime groups is 1. The molecule has 0 heterocycles. The highest BCUT2D eigenvalue weighted by atomic mass is 16.4. The largest absolute Gasteiger partial charge is 0.409 e. The molecule has 0 aliphatic heterocycles. The van der Waals surface area contributed by atoms with Crippen LogP contribution in [0.15, 0.2) is 5.16 Å². The highest BCUT2D eigenvalue weighted by Gasteiger charge is 2.44. The highest BCUT2D eigenvalue weighted by molar-refractivity contribution is 5.83. The molecule has 108 valence electrons. The lowest BCUT2D eigenvalue weighted by Crippen LogP contribution is -2.42. The van der Waals surface area contributed by atoms with E-state index in [9.17, 15) is 4.79 Å². The molecular formula is C14H25N3O2. The molecule has 2 saturated carbocycles. The van der Waals surface area contributed by atoms with Gasteiger partial charge in [-0.1, -0.05) is 25.4 Å². The van der Waals surface area contributed by atoms with Crippen molar-refractivity contribution in [2.24, 2.45) is 22.2 Å². The number of amides is 1. The standard InChI is InChI=1S/C14H25N3O2/c1-14(2)8-3-4-11(14)13(18)17(10-5-6-10)9-7-12(15)16-19/h10-11,19H,3-9H2,1-2H3,(H2,15,16). The predicted octanol–water partition coefficient (Wildman–Crippen LogP) is 1.94. The summed E-state index contributed by atoms with van der Waals surface area (Å²) in [5, 5.41) is 11.6. The molecule has 2 aliphatic carbocycles. The first-order chi connectivity index (χ1) is 8.95. The van der Waals surface area contributed by atoms with Gasteiger partial charge in [-0.05, 0) is 31.1 Å². The van der Waals surface area contributed by atoms with Gasteiger partial charge in [0.1, 0.15) is 5.84 Å². The predicted molar refractivity (Wildman–Crippen MR) is 73.9 cm³/mol. The lowest BCUT2D eigenvalue weighted by molar-refractivity contribution is -0.138. The zero-order valence-corrected chi connectivity index (χ0v) is 11.9. The Morgan fingerprint density at radius 3 is 2.58 bits per heavy atom. The molecule has 5 heteroatoms. The van der Waals surface area contributed by atoms with E-state index in [2.05, 4.69) is 19.0 Å². The fourth-order valence-electron chi connectivity index (χ4n) is 3.13. The van der Waals surface area contributed by atoms with Crippen molar-refractivity contribution >= 4 is 11.7 Å². The van der Waals surface area contributed by atoms with Crippen molar-refractivity contribution in [2.45, 2.75) is 58.4 Å². The molecule has 0 bridgehead atoms. The van der Waals surface area contributed by atoms with E-state index in [-0.39, 0.29) is 23.1 Å². The van der Waals surface area contributed by atoms with Crippen molar-refractivity contribution in [3.63, 3.8) is 0 Å². The quantitative estimate of drug-likeness (QED) is 0.346. The second-order valence-corrected chi connectivity index (χ2v) is 6.54. The molecule has 2 fully saturated rings. The lowest BCUT2D eigenvalue weighted by atomic mass is 9.81. The molecule has 0 saturated heterocycles. The van der Waals surface area contributed by atoms with Crippen LogP contribution in [0.1, 0.15) is 52.4 Å². The number of amidine groups is 1. The van der Waals surface area contributed by atoms with Crippen LogP contribution in [0.3, 0.4) is 0 Å². The Balaban J connectivity index is 2.00. The smallest absolute Gasteiger partial charge is 0.226 e. The monoisotopic (exact) mass is 267 g/mol. The second-order valence-electron chi connectivity index (χ2n) is 6.54. The number of nitrogens with two attached hydrogens (primary N) is 1. The lowest BCUT2D eigenvalue weighted by Gasteiger charge is -2.32. The number of carbonyl (C=O) groups excluding carboxylic acids is 1. The third-order valence-corrected chi connectivity index (χ3v) is 4.56. The van der Waals surface area contributed by atoms with Crippen molar-refractivity contribution in [3.05, 3.63) is 0 Å². The zero-order valence-electron chi connectivity index (χ0n) is 11.9. The molecule has 19 heavy (non-hydrogen) atoms. The number of hydrogen-bond donors (Lipinski definition) is 2. The molecular weight excluding hydrogens is 242 g/mol. The van der Waals surface area contributed by atoms with Crippen LogP contribution in [-0.4, -0.2) is 34.4 Å². The van der Waals surface area contributed by atoms with E-state index in [1.807, 2.05) is 4.90 Å². The van der Waals surface area contributed by atoms with Crippen LogP contribution in [0.4, 0.5) is 0 Å². The summed E-state index contributed by atoms with van der Waals surface area (Å²) < 4.78 is 0. The summed E-state index contributed by atoms with van der Waals surface area (Å²) >= 11 is 0. The number of hydrogen-bond acceptors (Lipinski definition) is 3. The minimum atomic E-state index is 0.112. The average molecular weight is 267 g/mol. The Kier molecular flexibility index (Phi) is 4.02. The molecule has 2 aliphatic rings. The van der Waals surface area contributed by atoms with Crippen molar-refractivity contribution in [3.8, 4) is 0 Å². The topological polar surface area (TPSA) is 78.9 Å². The number of carbonyl (C=O) groups is 1. The van der Waals surface area contributed by atoms with Gasteiger partial charge in [0.05, 0.1) is 0 Å². The Morgan fingerprint density at radius 2 is 2.11 bits per heavy atom. The molecule has 1 amide bonds. The third kappa shape index (κ3) is 3.19. The van der Waals surface area contributed by atoms with Crippen LogP contribution in [0.5, 0.6) is 0 Å². The Labute approximate surface area is 114 Å². The van der Waals surface area contributed by atoms with Crippen molar-refractivity contribution in [2.75, 3.05) is 6.54 Å². The van der Waals surface area contributed by atoms with Crippen LogP contribution >= 0.6 is 0 Å². The minimum Gasteiger partial charge on any atom is -0.409 e. The summed E-state index contributed by atoms with van der Waals surface area (Å²) in [6.07, 6.45) is 5.90. The van der Waals surface area contributed by atoms with Gasteiger partial charge >= 0.3 is 0 Å². The van der Waals surface area contributed by atoms with E-state index in [0.717, 1.165) is 32.1 Å². The van der Waals surface area contributed by atoms with Crippen molar-refractivity contribution < 1.29 is 10.0 Å². The van der Waals surface area contributed by atoms with E-state index in [4.69, 9.17) is 10.9 Å². The van der Waals surface area contributed by atoms with E-state index in [1.54, 1.807) is 0 Å². The maximum atomic E-state index is 12.7. The number of rotatable bonds is 5. The maximum absolute atomic E-state index is 12.7. The molecule has 0 spiro atoms. The molecule has 1 unspecified atom stereocenters. The molecule has 5 nitrogen and oxygen atoms in total. The minimum absolute atomic E-state index is 0.112. The molecule has 0 aromatic carbocycles. The van der Waals surface area contributed by atoms with Gasteiger partial charge in [0, 0.05) is 24.9 Å². The average Bonchev–Trinajstić information content (AvgIpc) is 3.12. The van der Waals surface area contributed by atoms with Gasteiger partial charge in [0.2, 0.25) is 5.91 Å². The maximum Gasteiger partial charge on any atom is 0.226 e. The van der Waals surface area contributed by atoms with Gasteiger partial charge in [0.15, 0.2) is 0 Å². The van der Waals surface area contributed by atoms with Gasteiger partial charge in [-0.25, -0.2) is 0 Å². The first-order valence-electron chi connectivity index (χ1n) is 7.22. The van der Waals surface area contributed by atoms with Crippen LogP contribution in [0, 0.1) is 11.3 Å². The Morgan fingerprint density at radius 1 is 1.42 bits per heavy atom. The summed E-state index contributed by atoms with van der Waals surface area (Å²) in [7, 11) is 0. The molecule has 1 atom stereocenters. The number of nitrogens with zero attached hydrogens (tertiary/aromatic N) is 2. The fraction of sp³-hybridized carbons (Fsp3) is 0.857. The summed E-state index contributed by atoms with van der Waals surface area (Å²) in [6, 6.07) is 0.385. The second kappa shape index (κ2) is 5.39.